The van der Waals surface area contributed by atoms with E-state index in [1.54, 1.807) is 6.26 Å². The molecule has 1 aromatic carbocycles. The molecule has 90 valence electrons. The summed E-state index contributed by atoms with van der Waals surface area (Å²) in [5, 5.41) is 3.75. The molecule has 2 aromatic rings. The molecule has 1 heterocycles. The van der Waals surface area contributed by atoms with Crippen LogP contribution in [-0.4, -0.2) is 11.9 Å². The van der Waals surface area contributed by atoms with Crippen molar-refractivity contribution in [2.75, 3.05) is 5.32 Å². The minimum Gasteiger partial charge on any atom is -0.462 e. The molecule has 0 spiro atoms. The SMILES string of the molecule is CC(N)CCC(=O)Nc1coc2ccccc12. The van der Waals surface area contributed by atoms with Gasteiger partial charge in [-0.15, -0.1) is 0 Å². The first-order valence-corrected chi connectivity index (χ1v) is 5.68. The number of furan rings is 1. The highest BCUT2D eigenvalue weighted by Gasteiger charge is 2.09. The summed E-state index contributed by atoms with van der Waals surface area (Å²) >= 11 is 0. The fourth-order valence-electron chi connectivity index (χ4n) is 1.65. The van der Waals surface area contributed by atoms with Gasteiger partial charge in [0.2, 0.25) is 5.91 Å². The topological polar surface area (TPSA) is 68.3 Å². The lowest BCUT2D eigenvalue weighted by molar-refractivity contribution is -0.116. The number of hydrogen-bond acceptors (Lipinski definition) is 3. The Labute approximate surface area is 99.8 Å². The van der Waals surface area contributed by atoms with E-state index in [9.17, 15) is 4.79 Å². The number of fused-ring (bicyclic) bond motifs is 1. The van der Waals surface area contributed by atoms with Crippen LogP contribution < -0.4 is 11.1 Å². The first-order chi connectivity index (χ1) is 8.16. The fourth-order valence-corrected chi connectivity index (χ4v) is 1.65. The molecular weight excluding hydrogens is 216 g/mol. The number of hydrogen-bond donors (Lipinski definition) is 2. The van der Waals surface area contributed by atoms with Crippen LogP contribution in [0.1, 0.15) is 19.8 Å². The van der Waals surface area contributed by atoms with E-state index < -0.39 is 0 Å². The zero-order chi connectivity index (χ0) is 12.3. The van der Waals surface area contributed by atoms with Gasteiger partial charge in [0.25, 0.3) is 0 Å². The van der Waals surface area contributed by atoms with E-state index in [1.807, 2.05) is 31.2 Å². The number of para-hydroxylation sites is 1. The average molecular weight is 232 g/mol. The molecule has 0 saturated heterocycles. The molecule has 0 fully saturated rings. The average Bonchev–Trinajstić information content (AvgIpc) is 2.70. The van der Waals surface area contributed by atoms with Crippen LogP contribution in [0.3, 0.4) is 0 Å². The Hall–Kier alpha value is -1.81. The van der Waals surface area contributed by atoms with Gasteiger partial charge in [0.15, 0.2) is 0 Å². The number of nitrogens with one attached hydrogen (secondary N) is 1. The molecule has 0 aliphatic rings. The number of rotatable bonds is 4. The molecule has 1 amide bonds. The van der Waals surface area contributed by atoms with Gasteiger partial charge in [0.05, 0.1) is 5.69 Å². The van der Waals surface area contributed by atoms with Gasteiger partial charge in [0, 0.05) is 17.8 Å². The van der Waals surface area contributed by atoms with Crippen molar-refractivity contribution in [2.45, 2.75) is 25.8 Å². The molecule has 0 bridgehead atoms. The van der Waals surface area contributed by atoms with Gasteiger partial charge in [-0.1, -0.05) is 12.1 Å². The Morgan fingerprint density at radius 2 is 2.24 bits per heavy atom. The predicted molar refractivity (Wildman–Crippen MR) is 67.7 cm³/mol. The maximum absolute atomic E-state index is 11.7. The largest absolute Gasteiger partial charge is 0.462 e. The number of amides is 1. The normalized spacial score (nSPS) is 12.6. The first-order valence-electron chi connectivity index (χ1n) is 5.68. The van der Waals surface area contributed by atoms with Gasteiger partial charge in [-0.2, -0.15) is 0 Å². The molecule has 1 aromatic heterocycles. The first kappa shape index (κ1) is 11.7. The lowest BCUT2D eigenvalue weighted by Crippen LogP contribution is -2.19. The molecule has 0 saturated carbocycles. The van der Waals surface area contributed by atoms with Crippen LogP contribution >= 0.6 is 0 Å². The van der Waals surface area contributed by atoms with E-state index in [2.05, 4.69) is 5.32 Å². The van der Waals surface area contributed by atoms with Crippen LogP contribution in [0.4, 0.5) is 5.69 Å². The van der Waals surface area contributed by atoms with Crippen LogP contribution in [0, 0.1) is 0 Å². The lowest BCUT2D eigenvalue weighted by atomic mass is 10.2. The molecule has 2 rings (SSSR count). The van der Waals surface area contributed by atoms with Crippen LogP contribution in [0.2, 0.25) is 0 Å². The number of carbonyl (C=O) groups is 1. The van der Waals surface area contributed by atoms with Gasteiger partial charge in [-0.3, -0.25) is 4.79 Å². The third-order valence-corrected chi connectivity index (χ3v) is 2.58. The second kappa shape index (κ2) is 5.01. The van der Waals surface area contributed by atoms with E-state index in [0.717, 1.165) is 16.7 Å². The van der Waals surface area contributed by atoms with E-state index in [1.165, 1.54) is 0 Å². The Morgan fingerprint density at radius 1 is 1.47 bits per heavy atom. The molecule has 4 nitrogen and oxygen atoms in total. The minimum absolute atomic E-state index is 0.0335. The standard InChI is InChI=1S/C13H16N2O2/c1-9(14)6-7-13(16)15-11-8-17-12-5-3-2-4-10(11)12/h2-5,8-9H,6-7,14H2,1H3,(H,15,16). The lowest BCUT2D eigenvalue weighted by Gasteiger charge is -2.05. The molecule has 17 heavy (non-hydrogen) atoms. The van der Waals surface area contributed by atoms with Gasteiger partial charge in [0.1, 0.15) is 11.8 Å². The van der Waals surface area contributed by atoms with Crippen molar-refractivity contribution in [3.63, 3.8) is 0 Å². The summed E-state index contributed by atoms with van der Waals surface area (Å²) in [5.41, 5.74) is 7.10. The highest BCUT2D eigenvalue weighted by Crippen LogP contribution is 2.25. The van der Waals surface area contributed by atoms with Crippen molar-refractivity contribution >= 4 is 22.6 Å². The number of anilines is 1. The summed E-state index contributed by atoms with van der Waals surface area (Å²) in [7, 11) is 0. The van der Waals surface area contributed by atoms with Crippen molar-refractivity contribution in [1.82, 2.24) is 0 Å². The third-order valence-electron chi connectivity index (χ3n) is 2.58. The second-order valence-corrected chi connectivity index (χ2v) is 4.21. The second-order valence-electron chi connectivity index (χ2n) is 4.21. The molecular formula is C13H16N2O2. The summed E-state index contributed by atoms with van der Waals surface area (Å²) in [5.74, 6) is -0.0335. The van der Waals surface area contributed by atoms with E-state index in [-0.39, 0.29) is 11.9 Å². The predicted octanol–water partition coefficient (Wildman–Crippen LogP) is 2.50. The Bertz CT molecular complexity index is 517. The van der Waals surface area contributed by atoms with Crippen molar-refractivity contribution in [3.05, 3.63) is 30.5 Å². The molecule has 1 atom stereocenters. The monoisotopic (exact) mass is 232 g/mol. The Balaban J connectivity index is 2.06. The zero-order valence-corrected chi connectivity index (χ0v) is 9.77. The van der Waals surface area contributed by atoms with Crippen molar-refractivity contribution in [1.29, 1.82) is 0 Å². The summed E-state index contributed by atoms with van der Waals surface area (Å²) in [6.45, 7) is 1.89. The molecule has 3 N–H and O–H groups in total. The van der Waals surface area contributed by atoms with Gasteiger partial charge in [-0.05, 0) is 25.5 Å². The number of carbonyl (C=O) groups excluding carboxylic acids is 1. The molecule has 1 unspecified atom stereocenters. The summed E-state index contributed by atoms with van der Waals surface area (Å²) in [6, 6.07) is 7.64. The van der Waals surface area contributed by atoms with Crippen molar-refractivity contribution in [3.8, 4) is 0 Å². The van der Waals surface area contributed by atoms with Crippen LogP contribution in [0.25, 0.3) is 11.0 Å². The quantitative estimate of drug-likeness (QED) is 0.851. The highest BCUT2D eigenvalue weighted by molar-refractivity contribution is 6.00. The third kappa shape index (κ3) is 2.85. The van der Waals surface area contributed by atoms with Crippen LogP contribution in [0.15, 0.2) is 34.9 Å². The van der Waals surface area contributed by atoms with Crippen molar-refractivity contribution < 1.29 is 9.21 Å². The zero-order valence-electron chi connectivity index (χ0n) is 9.77. The highest BCUT2D eigenvalue weighted by atomic mass is 16.3. The smallest absolute Gasteiger partial charge is 0.224 e. The van der Waals surface area contributed by atoms with Crippen LogP contribution in [-0.2, 0) is 4.79 Å². The van der Waals surface area contributed by atoms with E-state index >= 15 is 0 Å². The van der Waals surface area contributed by atoms with Gasteiger partial charge >= 0.3 is 0 Å². The van der Waals surface area contributed by atoms with Gasteiger partial charge < -0.3 is 15.5 Å². The summed E-state index contributed by atoms with van der Waals surface area (Å²) < 4.78 is 5.34. The van der Waals surface area contributed by atoms with Crippen molar-refractivity contribution in [2.24, 2.45) is 5.73 Å². The van der Waals surface area contributed by atoms with E-state index in [4.69, 9.17) is 10.2 Å². The van der Waals surface area contributed by atoms with E-state index in [0.29, 0.717) is 12.8 Å². The number of benzene rings is 1. The maximum Gasteiger partial charge on any atom is 0.224 e. The Morgan fingerprint density at radius 3 is 3.00 bits per heavy atom. The van der Waals surface area contributed by atoms with Gasteiger partial charge in [-0.25, -0.2) is 0 Å². The minimum atomic E-state index is -0.0335. The number of nitrogens with two attached hydrogens (primary N) is 1. The maximum atomic E-state index is 11.7. The molecule has 4 heteroatoms. The van der Waals surface area contributed by atoms with Crippen LogP contribution in [0.5, 0.6) is 0 Å². The molecule has 0 aliphatic heterocycles. The molecule has 0 aliphatic carbocycles. The summed E-state index contributed by atoms with van der Waals surface area (Å²) in [4.78, 5) is 11.7. The fraction of sp³-hybridized carbons (Fsp3) is 0.308. The Kier molecular flexibility index (Phi) is 3.44. The summed E-state index contributed by atoms with van der Waals surface area (Å²) in [6.07, 6.45) is 2.67. The molecule has 0 radical (unpaired) electrons.